The lowest BCUT2D eigenvalue weighted by atomic mass is 10.0. The van der Waals surface area contributed by atoms with E-state index in [0.29, 0.717) is 6.10 Å². The van der Waals surface area contributed by atoms with Gasteiger partial charge in [-0.05, 0) is 31.5 Å². The zero-order chi connectivity index (χ0) is 10.2. The molecule has 1 saturated heterocycles. The molecule has 0 N–H and O–H groups in total. The van der Waals surface area contributed by atoms with Gasteiger partial charge in [0.1, 0.15) is 5.75 Å². The van der Waals surface area contributed by atoms with Gasteiger partial charge in [-0.1, -0.05) is 12.1 Å². The minimum atomic E-state index is 0.0833. The third kappa shape index (κ3) is 1.90. The van der Waals surface area contributed by atoms with Gasteiger partial charge >= 0.3 is 0 Å². The molecule has 1 atom stereocenters. The van der Waals surface area contributed by atoms with Crippen molar-refractivity contribution in [1.82, 2.24) is 0 Å². The second kappa shape index (κ2) is 3.28. The van der Waals surface area contributed by atoms with Crippen molar-refractivity contribution in [2.75, 3.05) is 7.11 Å². The summed E-state index contributed by atoms with van der Waals surface area (Å²) in [7, 11) is 1.68. The van der Waals surface area contributed by atoms with Crippen LogP contribution in [0.4, 0.5) is 0 Å². The van der Waals surface area contributed by atoms with Crippen LogP contribution in [0.5, 0.6) is 5.75 Å². The van der Waals surface area contributed by atoms with Crippen LogP contribution in [0.1, 0.15) is 19.4 Å². The van der Waals surface area contributed by atoms with Gasteiger partial charge in [-0.2, -0.15) is 0 Å². The van der Waals surface area contributed by atoms with E-state index in [9.17, 15) is 0 Å². The molecule has 2 nitrogen and oxygen atoms in total. The standard InChI is InChI=1S/C12H16O2/c1-12(2)11(14-12)8-9-4-6-10(13-3)7-5-9/h4-7,11H,8H2,1-3H3. The van der Waals surface area contributed by atoms with Crippen molar-refractivity contribution < 1.29 is 9.47 Å². The van der Waals surface area contributed by atoms with Crippen molar-refractivity contribution in [2.45, 2.75) is 32.0 Å². The van der Waals surface area contributed by atoms with Crippen LogP contribution < -0.4 is 4.74 Å². The molecule has 1 aliphatic rings. The first kappa shape index (κ1) is 9.53. The van der Waals surface area contributed by atoms with E-state index in [0.717, 1.165) is 12.2 Å². The number of benzene rings is 1. The SMILES string of the molecule is COc1ccc(CC2OC2(C)C)cc1. The summed E-state index contributed by atoms with van der Waals surface area (Å²) >= 11 is 0. The number of hydrogen-bond donors (Lipinski definition) is 0. The van der Waals surface area contributed by atoms with Gasteiger partial charge < -0.3 is 9.47 Å². The minimum absolute atomic E-state index is 0.0833. The largest absolute Gasteiger partial charge is 0.497 e. The van der Waals surface area contributed by atoms with Crippen LogP contribution in [0.15, 0.2) is 24.3 Å². The van der Waals surface area contributed by atoms with Gasteiger partial charge in [0.25, 0.3) is 0 Å². The van der Waals surface area contributed by atoms with Gasteiger partial charge in [0.2, 0.25) is 0 Å². The van der Waals surface area contributed by atoms with Crippen molar-refractivity contribution in [3.05, 3.63) is 29.8 Å². The zero-order valence-corrected chi connectivity index (χ0v) is 8.91. The topological polar surface area (TPSA) is 21.8 Å². The average molecular weight is 192 g/mol. The van der Waals surface area contributed by atoms with Crippen LogP contribution in [-0.2, 0) is 11.2 Å². The Morgan fingerprint density at radius 3 is 2.29 bits per heavy atom. The van der Waals surface area contributed by atoms with Crippen molar-refractivity contribution in [3.63, 3.8) is 0 Å². The van der Waals surface area contributed by atoms with Gasteiger partial charge in [0.05, 0.1) is 18.8 Å². The Bertz CT molecular complexity index is 314. The van der Waals surface area contributed by atoms with E-state index in [1.54, 1.807) is 7.11 Å². The van der Waals surface area contributed by atoms with E-state index in [1.807, 2.05) is 12.1 Å². The summed E-state index contributed by atoms with van der Waals surface area (Å²) in [5.41, 5.74) is 1.39. The van der Waals surface area contributed by atoms with Crippen molar-refractivity contribution in [3.8, 4) is 5.75 Å². The lowest BCUT2D eigenvalue weighted by molar-refractivity contribution is 0.323. The summed E-state index contributed by atoms with van der Waals surface area (Å²) in [5, 5.41) is 0. The highest BCUT2D eigenvalue weighted by Gasteiger charge is 2.47. The Morgan fingerprint density at radius 1 is 1.29 bits per heavy atom. The first-order valence-electron chi connectivity index (χ1n) is 4.92. The van der Waals surface area contributed by atoms with E-state index < -0.39 is 0 Å². The van der Waals surface area contributed by atoms with Gasteiger partial charge in [0.15, 0.2) is 0 Å². The molecule has 0 radical (unpaired) electrons. The Kier molecular flexibility index (Phi) is 2.23. The zero-order valence-electron chi connectivity index (χ0n) is 8.91. The molecule has 0 aliphatic carbocycles. The molecule has 0 amide bonds. The molecule has 1 heterocycles. The van der Waals surface area contributed by atoms with Crippen LogP contribution in [-0.4, -0.2) is 18.8 Å². The van der Waals surface area contributed by atoms with E-state index in [4.69, 9.17) is 9.47 Å². The number of epoxide rings is 1. The lowest BCUT2D eigenvalue weighted by Crippen LogP contribution is -2.05. The van der Waals surface area contributed by atoms with Crippen LogP contribution in [0.2, 0.25) is 0 Å². The van der Waals surface area contributed by atoms with E-state index >= 15 is 0 Å². The molecule has 1 aromatic carbocycles. The monoisotopic (exact) mass is 192 g/mol. The highest BCUT2D eigenvalue weighted by molar-refractivity contribution is 5.28. The van der Waals surface area contributed by atoms with Gasteiger partial charge in [-0.25, -0.2) is 0 Å². The molecule has 0 bridgehead atoms. The van der Waals surface area contributed by atoms with Crippen LogP contribution in [0, 0.1) is 0 Å². The molecule has 1 unspecified atom stereocenters. The second-order valence-corrected chi connectivity index (χ2v) is 4.26. The molecule has 0 aromatic heterocycles. The van der Waals surface area contributed by atoms with E-state index in [2.05, 4.69) is 26.0 Å². The number of hydrogen-bond acceptors (Lipinski definition) is 2. The molecule has 76 valence electrons. The van der Waals surface area contributed by atoms with Crippen molar-refractivity contribution in [1.29, 1.82) is 0 Å². The van der Waals surface area contributed by atoms with Crippen LogP contribution >= 0.6 is 0 Å². The number of rotatable bonds is 3. The highest BCUT2D eigenvalue weighted by Crippen LogP contribution is 2.37. The molecule has 2 rings (SSSR count). The highest BCUT2D eigenvalue weighted by atomic mass is 16.6. The fourth-order valence-electron chi connectivity index (χ4n) is 1.60. The first-order valence-corrected chi connectivity index (χ1v) is 4.92. The molecular weight excluding hydrogens is 176 g/mol. The Balaban J connectivity index is 1.98. The first-order chi connectivity index (χ1) is 6.62. The van der Waals surface area contributed by atoms with Gasteiger partial charge in [0, 0.05) is 6.42 Å². The maximum atomic E-state index is 5.53. The molecule has 1 fully saturated rings. The van der Waals surface area contributed by atoms with E-state index in [-0.39, 0.29) is 5.60 Å². The summed E-state index contributed by atoms with van der Waals surface area (Å²) < 4.78 is 10.6. The van der Waals surface area contributed by atoms with Crippen LogP contribution in [0.3, 0.4) is 0 Å². The second-order valence-electron chi connectivity index (χ2n) is 4.26. The van der Waals surface area contributed by atoms with Crippen molar-refractivity contribution in [2.24, 2.45) is 0 Å². The lowest BCUT2D eigenvalue weighted by Gasteiger charge is -2.02. The summed E-state index contributed by atoms with van der Waals surface area (Å²) in [4.78, 5) is 0. The summed E-state index contributed by atoms with van der Waals surface area (Å²) in [6.07, 6.45) is 1.38. The fourth-order valence-corrected chi connectivity index (χ4v) is 1.60. The quantitative estimate of drug-likeness (QED) is 0.686. The predicted octanol–water partition coefficient (Wildman–Crippen LogP) is 2.42. The third-order valence-corrected chi connectivity index (χ3v) is 2.74. The molecule has 0 spiro atoms. The molecule has 1 aromatic rings. The molecule has 0 saturated carbocycles. The maximum Gasteiger partial charge on any atom is 0.118 e. The fraction of sp³-hybridized carbons (Fsp3) is 0.500. The van der Waals surface area contributed by atoms with Gasteiger partial charge in [-0.3, -0.25) is 0 Å². The Labute approximate surface area is 84.8 Å². The normalized spacial score (nSPS) is 23.2. The smallest absolute Gasteiger partial charge is 0.118 e. The third-order valence-electron chi connectivity index (χ3n) is 2.74. The predicted molar refractivity (Wildman–Crippen MR) is 55.7 cm³/mol. The summed E-state index contributed by atoms with van der Waals surface area (Å²) in [6.45, 7) is 4.25. The molecular formula is C12H16O2. The Morgan fingerprint density at radius 2 is 1.86 bits per heavy atom. The molecule has 14 heavy (non-hydrogen) atoms. The van der Waals surface area contributed by atoms with Crippen LogP contribution in [0.25, 0.3) is 0 Å². The summed E-state index contributed by atoms with van der Waals surface area (Å²) in [6, 6.07) is 8.17. The number of methoxy groups -OCH3 is 1. The summed E-state index contributed by atoms with van der Waals surface area (Å²) in [5.74, 6) is 0.907. The maximum absolute atomic E-state index is 5.53. The molecule has 1 aliphatic heterocycles. The Hall–Kier alpha value is -1.02. The molecule has 2 heteroatoms. The van der Waals surface area contributed by atoms with Gasteiger partial charge in [-0.15, -0.1) is 0 Å². The average Bonchev–Trinajstić information content (AvgIpc) is 2.75. The number of ether oxygens (including phenoxy) is 2. The van der Waals surface area contributed by atoms with Crippen molar-refractivity contribution >= 4 is 0 Å². The minimum Gasteiger partial charge on any atom is -0.497 e. The van der Waals surface area contributed by atoms with E-state index in [1.165, 1.54) is 5.56 Å².